The van der Waals surface area contributed by atoms with Crippen LogP contribution in [0.3, 0.4) is 0 Å². The first-order valence-electron chi connectivity index (χ1n) is 4.97. The molecule has 0 amide bonds. The highest BCUT2D eigenvalue weighted by molar-refractivity contribution is 5.24. The number of fused-ring (bicyclic) bond motifs is 1. The van der Waals surface area contributed by atoms with E-state index in [9.17, 15) is 0 Å². The molecule has 13 heavy (non-hydrogen) atoms. The zero-order valence-corrected chi connectivity index (χ0v) is 7.99. The predicted molar refractivity (Wildman–Crippen MR) is 51.5 cm³/mol. The Morgan fingerprint density at radius 3 is 3.38 bits per heavy atom. The van der Waals surface area contributed by atoms with Crippen LogP contribution in [-0.4, -0.2) is 11.6 Å². The van der Waals surface area contributed by atoms with Gasteiger partial charge in [-0.25, -0.2) is 0 Å². The Morgan fingerprint density at radius 1 is 1.62 bits per heavy atom. The van der Waals surface area contributed by atoms with E-state index in [-0.39, 0.29) is 6.10 Å². The van der Waals surface area contributed by atoms with Crippen LogP contribution >= 0.6 is 0 Å². The number of hydrogen-bond acceptors (Lipinski definition) is 2. The summed E-state index contributed by atoms with van der Waals surface area (Å²) in [5.74, 6) is 0. The van der Waals surface area contributed by atoms with Crippen LogP contribution in [0.4, 0.5) is 0 Å². The molecule has 1 aromatic rings. The summed E-state index contributed by atoms with van der Waals surface area (Å²) in [5.41, 5.74) is 2.53. The molecule has 0 radical (unpaired) electrons. The van der Waals surface area contributed by atoms with Gasteiger partial charge in [-0.2, -0.15) is 0 Å². The van der Waals surface area contributed by atoms with E-state index in [2.05, 4.69) is 11.1 Å². The van der Waals surface area contributed by atoms with Crippen molar-refractivity contribution in [3.63, 3.8) is 0 Å². The van der Waals surface area contributed by atoms with E-state index in [1.165, 1.54) is 12.0 Å². The SMILES string of the molecule is CCO[C@H]1CCCc2cccnc21. The largest absolute Gasteiger partial charge is 0.372 e. The maximum absolute atomic E-state index is 5.65. The van der Waals surface area contributed by atoms with Crippen LogP contribution in [0.15, 0.2) is 18.3 Å². The zero-order valence-electron chi connectivity index (χ0n) is 7.99. The average Bonchev–Trinajstić information content (AvgIpc) is 2.19. The molecule has 0 saturated heterocycles. The van der Waals surface area contributed by atoms with Gasteiger partial charge in [-0.3, -0.25) is 4.98 Å². The van der Waals surface area contributed by atoms with Crippen molar-refractivity contribution in [2.45, 2.75) is 32.3 Å². The van der Waals surface area contributed by atoms with E-state index < -0.39 is 0 Å². The second-order valence-electron chi connectivity index (χ2n) is 3.38. The van der Waals surface area contributed by atoms with E-state index >= 15 is 0 Å². The Balaban J connectivity index is 2.26. The molecule has 0 spiro atoms. The van der Waals surface area contributed by atoms with Crippen LogP contribution in [0.1, 0.15) is 37.1 Å². The Bertz CT molecular complexity index is 285. The molecular weight excluding hydrogens is 162 g/mol. The summed E-state index contributed by atoms with van der Waals surface area (Å²) in [7, 11) is 0. The lowest BCUT2D eigenvalue weighted by molar-refractivity contribution is 0.0468. The fourth-order valence-electron chi connectivity index (χ4n) is 1.93. The molecule has 1 atom stereocenters. The van der Waals surface area contributed by atoms with Gasteiger partial charge >= 0.3 is 0 Å². The molecule has 0 unspecified atom stereocenters. The molecule has 0 aromatic carbocycles. The molecule has 0 fully saturated rings. The minimum atomic E-state index is 0.245. The lowest BCUT2D eigenvalue weighted by Gasteiger charge is -2.23. The highest BCUT2D eigenvalue weighted by Gasteiger charge is 2.20. The normalized spacial score (nSPS) is 21.2. The standard InChI is InChI=1S/C11H15NO/c1-2-13-10-7-3-5-9-6-4-8-12-11(9)10/h4,6,8,10H,2-3,5,7H2,1H3/t10-/m0/s1. The summed E-state index contributed by atoms with van der Waals surface area (Å²) < 4.78 is 5.65. The lowest BCUT2D eigenvalue weighted by Crippen LogP contribution is -2.14. The first kappa shape index (κ1) is 8.70. The van der Waals surface area contributed by atoms with Gasteiger partial charge in [0.05, 0.1) is 11.8 Å². The Morgan fingerprint density at radius 2 is 2.54 bits per heavy atom. The third-order valence-electron chi connectivity index (χ3n) is 2.51. The molecule has 0 aliphatic heterocycles. The number of ether oxygens (including phenoxy) is 1. The number of aryl methyl sites for hydroxylation is 1. The van der Waals surface area contributed by atoms with Crippen LogP contribution in [0.25, 0.3) is 0 Å². The van der Waals surface area contributed by atoms with Gasteiger partial charge in [-0.05, 0) is 37.8 Å². The fourth-order valence-corrected chi connectivity index (χ4v) is 1.93. The van der Waals surface area contributed by atoms with E-state index in [0.717, 1.165) is 25.1 Å². The molecule has 0 saturated carbocycles. The van der Waals surface area contributed by atoms with Crippen molar-refractivity contribution in [1.82, 2.24) is 4.98 Å². The number of rotatable bonds is 2. The zero-order chi connectivity index (χ0) is 9.10. The molecule has 70 valence electrons. The third kappa shape index (κ3) is 1.73. The molecular formula is C11H15NO. The van der Waals surface area contributed by atoms with Gasteiger partial charge in [-0.15, -0.1) is 0 Å². The average molecular weight is 177 g/mol. The van der Waals surface area contributed by atoms with Crippen molar-refractivity contribution in [1.29, 1.82) is 0 Å². The fraction of sp³-hybridized carbons (Fsp3) is 0.545. The summed E-state index contributed by atoms with van der Waals surface area (Å²) in [6, 6.07) is 4.17. The van der Waals surface area contributed by atoms with Crippen molar-refractivity contribution >= 4 is 0 Å². The monoisotopic (exact) mass is 177 g/mol. The third-order valence-corrected chi connectivity index (χ3v) is 2.51. The number of hydrogen-bond donors (Lipinski definition) is 0. The van der Waals surface area contributed by atoms with Crippen LogP contribution < -0.4 is 0 Å². The Labute approximate surface area is 78.9 Å². The molecule has 1 aliphatic rings. The molecule has 2 nitrogen and oxygen atoms in total. The maximum atomic E-state index is 5.65. The van der Waals surface area contributed by atoms with Crippen molar-refractivity contribution in [2.75, 3.05) is 6.61 Å². The molecule has 1 aromatic heterocycles. The molecule has 1 aliphatic carbocycles. The summed E-state index contributed by atoms with van der Waals surface area (Å²) in [6.07, 6.45) is 5.61. The van der Waals surface area contributed by atoms with Crippen molar-refractivity contribution in [3.8, 4) is 0 Å². The number of nitrogens with zero attached hydrogens (tertiary/aromatic N) is 1. The Hall–Kier alpha value is -0.890. The second kappa shape index (κ2) is 3.88. The quantitative estimate of drug-likeness (QED) is 0.692. The number of pyridine rings is 1. The topological polar surface area (TPSA) is 22.1 Å². The predicted octanol–water partition coefficient (Wildman–Crippen LogP) is 2.50. The van der Waals surface area contributed by atoms with Gasteiger partial charge in [-0.1, -0.05) is 6.07 Å². The lowest BCUT2D eigenvalue weighted by atomic mass is 9.94. The first-order valence-corrected chi connectivity index (χ1v) is 4.97. The smallest absolute Gasteiger partial charge is 0.0997 e. The molecule has 2 heteroatoms. The van der Waals surface area contributed by atoms with Crippen LogP contribution in [0, 0.1) is 0 Å². The highest BCUT2D eigenvalue weighted by Crippen LogP contribution is 2.30. The van der Waals surface area contributed by atoms with Gasteiger partial charge in [0.25, 0.3) is 0 Å². The van der Waals surface area contributed by atoms with Crippen LogP contribution in [0.2, 0.25) is 0 Å². The van der Waals surface area contributed by atoms with E-state index in [0.29, 0.717) is 0 Å². The minimum absolute atomic E-state index is 0.245. The van der Waals surface area contributed by atoms with Gasteiger partial charge in [0.15, 0.2) is 0 Å². The summed E-state index contributed by atoms with van der Waals surface area (Å²) in [6.45, 7) is 2.82. The molecule has 0 N–H and O–H groups in total. The van der Waals surface area contributed by atoms with Crippen LogP contribution in [-0.2, 0) is 11.2 Å². The molecule has 2 rings (SSSR count). The molecule has 1 heterocycles. The van der Waals surface area contributed by atoms with E-state index in [1.54, 1.807) is 0 Å². The van der Waals surface area contributed by atoms with E-state index in [4.69, 9.17) is 4.74 Å². The van der Waals surface area contributed by atoms with Crippen molar-refractivity contribution in [2.24, 2.45) is 0 Å². The van der Waals surface area contributed by atoms with Crippen molar-refractivity contribution < 1.29 is 4.74 Å². The minimum Gasteiger partial charge on any atom is -0.372 e. The van der Waals surface area contributed by atoms with Gasteiger partial charge in [0, 0.05) is 12.8 Å². The molecule has 0 bridgehead atoms. The Kier molecular flexibility index (Phi) is 2.60. The number of aromatic nitrogens is 1. The van der Waals surface area contributed by atoms with Gasteiger partial charge in [0.1, 0.15) is 0 Å². The van der Waals surface area contributed by atoms with Gasteiger partial charge in [0.2, 0.25) is 0 Å². The first-order chi connectivity index (χ1) is 6.42. The second-order valence-corrected chi connectivity index (χ2v) is 3.38. The highest BCUT2D eigenvalue weighted by atomic mass is 16.5. The van der Waals surface area contributed by atoms with Gasteiger partial charge < -0.3 is 4.74 Å². The summed E-state index contributed by atoms with van der Waals surface area (Å²) in [4.78, 5) is 4.39. The summed E-state index contributed by atoms with van der Waals surface area (Å²) >= 11 is 0. The van der Waals surface area contributed by atoms with Crippen LogP contribution in [0.5, 0.6) is 0 Å². The van der Waals surface area contributed by atoms with E-state index in [1.807, 2.05) is 19.2 Å². The van der Waals surface area contributed by atoms with Crippen molar-refractivity contribution in [3.05, 3.63) is 29.6 Å². The summed E-state index contributed by atoms with van der Waals surface area (Å²) in [5, 5.41) is 0. The maximum Gasteiger partial charge on any atom is 0.0997 e.